The van der Waals surface area contributed by atoms with Crippen molar-refractivity contribution in [2.75, 3.05) is 46.4 Å². The molecule has 2 aliphatic heterocycles. The standard InChI is InChI=1S/C29H38N4O7S/c1-4-39-28(35)26(20-22-9-11-23(12-10-22)40-29(36)32-18-16-31(3)17-19-32)33(27(34)25-6-5-15-30-25)41(37,38)24-13-7-21(2)8-14-24/h7-14,25-26,30H,4-6,15-20H2,1-3H3/t25-,26-/m0/s1. The molecule has 0 unspecified atom stereocenters. The summed E-state index contributed by atoms with van der Waals surface area (Å²) in [7, 11) is -2.42. The van der Waals surface area contributed by atoms with Gasteiger partial charge in [-0.3, -0.25) is 4.79 Å². The molecule has 2 fully saturated rings. The van der Waals surface area contributed by atoms with Crippen LogP contribution in [-0.2, 0) is 30.8 Å². The molecule has 0 bridgehead atoms. The molecule has 4 rings (SSSR count). The number of benzene rings is 2. The summed E-state index contributed by atoms with van der Waals surface area (Å²) in [5.74, 6) is -1.19. The first kappa shape index (κ1) is 30.5. The van der Waals surface area contributed by atoms with Gasteiger partial charge in [0.1, 0.15) is 11.8 Å². The maximum absolute atomic E-state index is 13.9. The van der Waals surface area contributed by atoms with Gasteiger partial charge in [-0.1, -0.05) is 29.8 Å². The van der Waals surface area contributed by atoms with Crippen molar-refractivity contribution in [1.82, 2.24) is 19.4 Å². The molecule has 0 radical (unpaired) electrons. The van der Waals surface area contributed by atoms with Crippen molar-refractivity contribution in [2.24, 2.45) is 0 Å². The average Bonchev–Trinajstić information content (AvgIpc) is 3.49. The highest BCUT2D eigenvalue weighted by atomic mass is 32.2. The number of hydrogen-bond acceptors (Lipinski definition) is 9. The minimum Gasteiger partial charge on any atom is -0.464 e. The van der Waals surface area contributed by atoms with E-state index in [1.165, 1.54) is 12.1 Å². The third-order valence-electron chi connectivity index (χ3n) is 7.31. The molecule has 0 spiro atoms. The van der Waals surface area contributed by atoms with Gasteiger partial charge < -0.3 is 24.6 Å². The second-order valence-electron chi connectivity index (χ2n) is 10.4. The summed E-state index contributed by atoms with van der Waals surface area (Å²) >= 11 is 0. The lowest BCUT2D eigenvalue weighted by atomic mass is 10.0. The van der Waals surface area contributed by atoms with Crippen LogP contribution in [-0.4, -0.2) is 99.0 Å². The number of piperazine rings is 1. The molecule has 2 amide bonds. The van der Waals surface area contributed by atoms with E-state index < -0.39 is 40.1 Å². The first-order chi connectivity index (χ1) is 19.6. The van der Waals surface area contributed by atoms with Gasteiger partial charge in [-0.25, -0.2) is 22.3 Å². The summed E-state index contributed by atoms with van der Waals surface area (Å²) in [6.45, 7) is 6.72. The largest absolute Gasteiger partial charge is 0.464 e. The summed E-state index contributed by atoms with van der Waals surface area (Å²) in [5, 5.41) is 3.05. The number of nitrogens with zero attached hydrogens (tertiary/aromatic N) is 3. The number of sulfonamides is 1. The maximum atomic E-state index is 13.9. The third kappa shape index (κ3) is 7.43. The van der Waals surface area contributed by atoms with Crippen LogP contribution in [0.4, 0.5) is 4.79 Å². The van der Waals surface area contributed by atoms with Crippen molar-refractivity contribution >= 4 is 28.0 Å². The van der Waals surface area contributed by atoms with Crippen molar-refractivity contribution in [3.63, 3.8) is 0 Å². The zero-order chi connectivity index (χ0) is 29.6. The molecular weight excluding hydrogens is 548 g/mol. The molecule has 12 heteroatoms. The van der Waals surface area contributed by atoms with E-state index in [0.29, 0.717) is 48.1 Å². The topological polar surface area (TPSA) is 126 Å². The van der Waals surface area contributed by atoms with E-state index in [1.54, 1.807) is 48.2 Å². The highest BCUT2D eigenvalue weighted by molar-refractivity contribution is 7.89. The molecule has 2 aromatic carbocycles. The summed E-state index contributed by atoms with van der Waals surface area (Å²) in [5.41, 5.74) is 1.42. The quantitative estimate of drug-likeness (QED) is 0.440. The lowest BCUT2D eigenvalue weighted by molar-refractivity contribution is -0.151. The van der Waals surface area contributed by atoms with Crippen LogP contribution in [0.1, 0.15) is 30.9 Å². The smallest absolute Gasteiger partial charge is 0.415 e. The number of rotatable bonds is 9. The molecule has 0 saturated carbocycles. The van der Waals surface area contributed by atoms with E-state index in [9.17, 15) is 22.8 Å². The molecule has 0 aliphatic carbocycles. The van der Waals surface area contributed by atoms with Crippen molar-refractivity contribution in [2.45, 2.75) is 50.1 Å². The molecule has 0 aromatic heterocycles. The van der Waals surface area contributed by atoms with Crippen molar-refractivity contribution in [1.29, 1.82) is 0 Å². The fourth-order valence-electron chi connectivity index (χ4n) is 4.88. The number of carbonyl (C=O) groups excluding carboxylic acids is 3. The van der Waals surface area contributed by atoms with Gasteiger partial charge in [0.2, 0.25) is 0 Å². The number of esters is 1. The molecule has 1 N–H and O–H groups in total. The molecule has 2 atom stereocenters. The summed E-state index contributed by atoms with van der Waals surface area (Å²) in [6.07, 6.45) is 0.615. The Morgan fingerprint density at radius 1 is 1.02 bits per heavy atom. The van der Waals surface area contributed by atoms with Gasteiger partial charge in [-0.05, 0) is 70.1 Å². The molecule has 41 heavy (non-hydrogen) atoms. The van der Waals surface area contributed by atoms with E-state index in [1.807, 2.05) is 14.0 Å². The van der Waals surface area contributed by atoms with Gasteiger partial charge in [0, 0.05) is 32.6 Å². The molecule has 222 valence electrons. The normalized spacial score (nSPS) is 18.5. The number of amides is 2. The Morgan fingerprint density at radius 2 is 1.68 bits per heavy atom. The lowest BCUT2D eigenvalue weighted by Gasteiger charge is -2.32. The predicted molar refractivity (Wildman–Crippen MR) is 152 cm³/mol. The lowest BCUT2D eigenvalue weighted by Crippen LogP contribution is -2.55. The van der Waals surface area contributed by atoms with Crippen LogP contribution >= 0.6 is 0 Å². The van der Waals surface area contributed by atoms with E-state index in [2.05, 4.69) is 10.2 Å². The molecule has 2 saturated heterocycles. The molecule has 2 heterocycles. The van der Waals surface area contributed by atoms with Gasteiger partial charge >= 0.3 is 12.1 Å². The van der Waals surface area contributed by atoms with Crippen LogP contribution in [0.2, 0.25) is 0 Å². The average molecular weight is 587 g/mol. The van der Waals surface area contributed by atoms with E-state index in [0.717, 1.165) is 18.7 Å². The highest BCUT2D eigenvalue weighted by Crippen LogP contribution is 2.26. The summed E-state index contributed by atoms with van der Waals surface area (Å²) < 4.78 is 39.4. The van der Waals surface area contributed by atoms with Gasteiger partial charge in [0.15, 0.2) is 0 Å². The number of carbonyl (C=O) groups is 3. The Kier molecular flexibility index (Phi) is 10.0. The monoisotopic (exact) mass is 586 g/mol. The predicted octanol–water partition coefficient (Wildman–Crippen LogP) is 2.18. The third-order valence-corrected chi connectivity index (χ3v) is 9.13. The van der Waals surface area contributed by atoms with Gasteiger partial charge in [0.25, 0.3) is 15.9 Å². The second-order valence-corrected chi connectivity index (χ2v) is 12.2. The minimum atomic E-state index is -4.41. The Labute approximate surface area is 241 Å². The van der Waals surface area contributed by atoms with Crippen LogP contribution in [0.3, 0.4) is 0 Å². The highest BCUT2D eigenvalue weighted by Gasteiger charge is 2.43. The van der Waals surface area contributed by atoms with Gasteiger partial charge in [0.05, 0.1) is 17.5 Å². The number of likely N-dealkylation sites (N-methyl/N-ethyl adjacent to an activating group) is 1. The van der Waals surface area contributed by atoms with Crippen molar-refractivity contribution in [3.8, 4) is 5.75 Å². The SMILES string of the molecule is CCOC(=O)[C@H](Cc1ccc(OC(=O)N2CCN(C)CC2)cc1)N(C(=O)[C@@H]1CCCN1)S(=O)(=O)c1ccc(C)cc1. The Hall–Kier alpha value is -3.48. The summed E-state index contributed by atoms with van der Waals surface area (Å²) in [4.78, 5) is 43.2. The first-order valence-electron chi connectivity index (χ1n) is 13.9. The molecule has 2 aliphatic rings. The van der Waals surface area contributed by atoms with Crippen molar-refractivity contribution < 1.29 is 32.3 Å². The maximum Gasteiger partial charge on any atom is 0.415 e. The van der Waals surface area contributed by atoms with Crippen LogP contribution < -0.4 is 10.1 Å². The Bertz CT molecular complexity index is 1320. The number of aryl methyl sites for hydroxylation is 1. The molecular formula is C29H38N4O7S. The van der Waals surface area contributed by atoms with E-state index in [-0.39, 0.29) is 17.9 Å². The van der Waals surface area contributed by atoms with Crippen LogP contribution in [0, 0.1) is 6.92 Å². The van der Waals surface area contributed by atoms with Crippen LogP contribution in [0.25, 0.3) is 0 Å². The zero-order valence-corrected chi connectivity index (χ0v) is 24.6. The Morgan fingerprint density at radius 3 is 2.27 bits per heavy atom. The summed E-state index contributed by atoms with van der Waals surface area (Å²) in [6, 6.07) is 10.4. The van der Waals surface area contributed by atoms with Gasteiger partial charge in [-0.15, -0.1) is 0 Å². The van der Waals surface area contributed by atoms with E-state index >= 15 is 0 Å². The second kappa shape index (κ2) is 13.5. The first-order valence-corrected chi connectivity index (χ1v) is 15.3. The number of ether oxygens (including phenoxy) is 2. The van der Waals surface area contributed by atoms with Crippen molar-refractivity contribution in [3.05, 3.63) is 59.7 Å². The zero-order valence-electron chi connectivity index (χ0n) is 23.7. The molecule has 2 aromatic rings. The minimum absolute atomic E-state index is 0.0187. The van der Waals surface area contributed by atoms with E-state index in [4.69, 9.17) is 9.47 Å². The van der Waals surface area contributed by atoms with Crippen LogP contribution in [0.5, 0.6) is 5.75 Å². The number of nitrogens with one attached hydrogen (secondary N) is 1. The Balaban J connectivity index is 1.60. The molecule has 11 nitrogen and oxygen atoms in total. The van der Waals surface area contributed by atoms with Crippen LogP contribution in [0.15, 0.2) is 53.4 Å². The fourth-order valence-corrected chi connectivity index (χ4v) is 6.45. The fraction of sp³-hybridized carbons (Fsp3) is 0.483. The number of hydrogen-bond donors (Lipinski definition) is 1. The van der Waals surface area contributed by atoms with Gasteiger partial charge in [-0.2, -0.15) is 0 Å².